The number of nitrogens with one attached hydrogen (secondary N) is 3. The molecule has 0 spiro atoms. The number of ether oxygens (including phenoxy) is 1. The first-order valence-corrected chi connectivity index (χ1v) is 15.5. The Morgan fingerprint density at radius 1 is 1.23 bits per heavy atom. The van der Waals surface area contributed by atoms with E-state index in [-0.39, 0.29) is 31.3 Å². The molecule has 0 radical (unpaired) electrons. The van der Waals surface area contributed by atoms with Gasteiger partial charge in [-0.1, -0.05) is 31.5 Å². The van der Waals surface area contributed by atoms with Crippen molar-refractivity contribution in [1.29, 1.82) is 0 Å². The van der Waals surface area contributed by atoms with Crippen molar-refractivity contribution in [2.75, 3.05) is 18.5 Å². The lowest BCUT2D eigenvalue weighted by Crippen LogP contribution is -2.70. The van der Waals surface area contributed by atoms with Gasteiger partial charge in [-0.2, -0.15) is 4.39 Å². The number of hydrogen-bond donors (Lipinski definition) is 3. The van der Waals surface area contributed by atoms with E-state index in [0.29, 0.717) is 36.5 Å². The summed E-state index contributed by atoms with van der Waals surface area (Å²) in [5.74, 6) is -9.42. The third-order valence-electron chi connectivity index (χ3n) is 8.48. The summed E-state index contributed by atoms with van der Waals surface area (Å²) < 4.78 is 50.1. The van der Waals surface area contributed by atoms with Crippen molar-refractivity contribution in [3.63, 3.8) is 0 Å². The number of esters is 1. The van der Waals surface area contributed by atoms with Gasteiger partial charge in [0, 0.05) is 35.6 Å². The van der Waals surface area contributed by atoms with Gasteiger partial charge >= 0.3 is 5.97 Å². The van der Waals surface area contributed by atoms with E-state index in [2.05, 4.69) is 16.0 Å². The van der Waals surface area contributed by atoms with Gasteiger partial charge in [0.05, 0.1) is 18.6 Å². The number of fused-ring (bicyclic) bond motifs is 3. The Balaban J connectivity index is 1.65. The van der Waals surface area contributed by atoms with Crippen LogP contribution in [0.25, 0.3) is 0 Å². The highest BCUT2D eigenvalue weighted by molar-refractivity contribution is 6.30. The van der Waals surface area contributed by atoms with Crippen LogP contribution in [0.4, 0.5) is 18.9 Å². The number of anilines is 1. The number of alkyl halides is 2. The van der Waals surface area contributed by atoms with Crippen LogP contribution in [0.15, 0.2) is 36.2 Å². The standard InChI is InChI=1S/C31H40ClF3N4O5/c1-4-44-30(43)24(33)15-21(13-18-10-11-36-27(18)40)38-28(41)26-23-9-8-22(16-31(23,34)35)39(26)29(42)25(12-17(2)3)37-20-7-5-6-19(32)14-20/h5-7,14-15,17-18,21-23,25-26,37H,4,8-13,16H2,1-3H3,(H,36,40)(H,38,41)/b24-15+/t18-,21+,22+,23+,25+,26+/m1/s1. The monoisotopic (exact) mass is 640 g/mol. The van der Waals surface area contributed by atoms with Crippen LogP contribution in [0.2, 0.25) is 5.02 Å². The second-order valence-corrected chi connectivity index (χ2v) is 12.6. The van der Waals surface area contributed by atoms with Crippen LogP contribution in [-0.4, -0.2) is 71.8 Å². The fourth-order valence-electron chi connectivity index (χ4n) is 6.53. The topological polar surface area (TPSA) is 117 Å². The molecule has 1 aliphatic carbocycles. The summed E-state index contributed by atoms with van der Waals surface area (Å²) in [5, 5.41) is 8.90. The Labute approximate surface area is 260 Å². The Hall–Kier alpha value is -3.28. The second-order valence-electron chi connectivity index (χ2n) is 12.2. The lowest BCUT2D eigenvalue weighted by Gasteiger charge is -2.54. The summed E-state index contributed by atoms with van der Waals surface area (Å²) in [4.78, 5) is 53.7. The molecule has 3 aliphatic heterocycles. The largest absolute Gasteiger partial charge is 0.461 e. The molecule has 4 aliphatic rings. The van der Waals surface area contributed by atoms with Gasteiger partial charge < -0.3 is 25.6 Å². The number of carbonyl (C=O) groups is 4. The van der Waals surface area contributed by atoms with Crippen LogP contribution in [0, 0.1) is 17.8 Å². The smallest absolute Gasteiger partial charge is 0.366 e. The number of nitrogens with zero attached hydrogens (tertiary/aromatic N) is 1. The molecule has 5 rings (SSSR count). The van der Waals surface area contributed by atoms with Crippen molar-refractivity contribution < 1.29 is 37.1 Å². The van der Waals surface area contributed by atoms with Crippen molar-refractivity contribution in [3.8, 4) is 0 Å². The first-order chi connectivity index (χ1) is 20.8. The molecule has 4 fully saturated rings. The third-order valence-corrected chi connectivity index (χ3v) is 8.71. The van der Waals surface area contributed by atoms with Gasteiger partial charge in [-0.15, -0.1) is 0 Å². The SMILES string of the molecule is CCOC(=O)/C(F)=C\[C@H](C[C@H]1CCNC1=O)NC(=O)[C@@H]1[C@@H]2CC[C@@H](CC2(F)F)N1C(=O)[C@H](CC(C)C)Nc1cccc(Cl)c1. The molecule has 6 atom stereocenters. The van der Waals surface area contributed by atoms with E-state index < -0.39 is 72.0 Å². The van der Waals surface area contributed by atoms with Gasteiger partial charge in [0.25, 0.3) is 5.92 Å². The highest BCUT2D eigenvalue weighted by Crippen LogP contribution is 2.49. The van der Waals surface area contributed by atoms with E-state index in [1.165, 1.54) is 11.8 Å². The van der Waals surface area contributed by atoms with Crippen LogP contribution in [0.1, 0.15) is 59.3 Å². The zero-order valence-corrected chi connectivity index (χ0v) is 25.8. The number of carbonyl (C=O) groups excluding carboxylic acids is 4. The average Bonchev–Trinajstić information content (AvgIpc) is 3.35. The first kappa shape index (κ1) is 33.6. The summed E-state index contributed by atoms with van der Waals surface area (Å²) in [6.45, 7) is 5.67. The van der Waals surface area contributed by atoms with Gasteiger partial charge in [0.1, 0.15) is 12.1 Å². The average molecular weight is 641 g/mol. The molecule has 44 heavy (non-hydrogen) atoms. The number of amides is 3. The lowest BCUT2D eigenvalue weighted by molar-refractivity contribution is -0.194. The maximum Gasteiger partial charge on any atom is 0.366 e. The highest BCUT2D eigenvalue weighted by Gasteiger charge is 2.61. The van der Waals surface area contributed by atoms with Gasteiger partial charge in [-0.3, -0.25) is 14.4 Å². The molecule has 2 bridgehead atoms. The van der Waals surface area contributed by atoms with Crippen LogP contribution in [0.3, 0.4) is 0 Å². The Kier molecular flexibility index (Phi) is 10.9. The molecule has 0 unspecified atom stereocenters. The van der Waals surface area contributed by atoms with E-state index in [0.717, 1.165) is 6.08 Å². The Morgan fingerprint density at radius 3 is 2.59 bits per heavy atom. The molecule has 3 heterocycles. The predicted octanol–water partition coefficient (Wildman–Crippen LogP) is 4.61. The van der Waals surface area contributed by atoms with Crippen LogP contribution < -0.4 is 16.0 Å². The first-order valence-electron chi connectivity index (χ1n) is 15.1. The minimum Gasteiger partial charge on any atom is -0.461 e. The quantitative estimate of drug-likeness (QED) is 0.227. The summed E-state index contributed by atoms with van der Waals surface area (Å²) in [7, 11) is 0. The van der Waals surface area contributed by atoms with Crippen LogP contribution in [0.5, 0.6) is 0 Å². The summed E-state index contributed by atoms with van der Waals surface area (Å²) in [6.07, 6.45) is 1.32. The third kappa shape index (κ3) is 7.86. The van der Waals surface area contributed by atoms with Gasteiger partial charge in [-0.05, 0) is 69.2 Å². The van der Waals surface area contributed by atoms with E-state index in [1.54, 1.807) is 24.3 Å². The van der Waals surface area contributed by atoms with Gasteiger partial charge in [-0.25, -0.2) is 13.6 Å². The van der Waals surface area contributed by atoms with E-state index in [9.17, 15) is 23.6 Å². The van der Waals surface area contributed by atoms with Gasteiger partial charge in [0.2, 0.25) is 23.5 Å². The molecule has 3 N–H and O–H groups in total. The molecule has 13 heteroatoms. The molecule has 3 amide bonds. The van der Waals surface area contributed by atoms with Crippen molar-refractivity contribution in [2.24, 2.45) is 17.8 Å². The van der Waals surface area contributed by atoms with Crippen LogP contribution in [-0.2, 0) is 23.9 Å². The fraction of sp³-hybridized carbons (Fsp3) is 0.613. The minimum atomic E-state index is -3.21. The summed E-state index contributed by atoms with van der Waals surface area (Å²) in [5.41, 5.74) is 0.569. The zero-order chi connectivity index (χ0) is 32.2. The Morgan fingerprint density at radius 2 is 1.98 bits per heavy atom. The maximum absolute atomic E-state index is 15.3. The molecule has 242 valence electrons. The molecule has 9 nitrogen and oxygen atoms in total. The molecular formula is C31H40ClF3N4O5. The number of benzene rings is 1. The molecule has 0 aromatic heterocycles. The summed E-state index contributed by atoms with van der Waals surface area (Å²) in [6, 6.07) is 2.33. The van der Waals surface area contributed by atoms with E-state index in [4.69, 9.17) is 16.3 Å². The Bertz CT molecular complexity index is 1280. The van der Waals surface area contributed by atoms with Crippen molar-refractivity contribution in [1.82, 2.24) is 15.5 Å². The molecule has 1 aromatic carbocycles. The lowest BCUT2D eigenvalue weighted by atomic mass is 9.71. The normalized spacial score (nSPS) is 25.8. The predicted molar refractivity (Wildman–Crippen MR) is 159 cm³/mol. The molecule has 1 saturated carbocycles. The second kappa shape index (κ2) is 14.2. The molecular weight excluding hydrogens is 601 g/mol. The van der Waals surface area contributed by atoms with E-state index in [1.807, 2.05) is 13.8 Å². The van der Waals surface area contributed by atoms with Crippen molar-refractivity contribution in [2.45, 2.75) is 89.4 Å². The molecule has 1 aromatic rings. The number of halogens is 4. The van der Waals surface area contributed by atoms with Crippen molar-refractivity contribution >= 4 is 41.0 Å². The number of rotatable bonds is 12. The zero-order valence-electron chi connectivity index (χ0n) is 25.1. The maximum atomic E-state index is 15.3. The van der Waals surface area contributed by atoms with Crippen molar-refractivity contribution in [3.05, 3.63) is 41.2 Å². The number of hydrogen-bond acceptors (Lipinski definition) is 6. The minimum absolute atomic E-state index is 0.0266. The fourth-order valence-corrected chi connectivity index (χ4v) is 6.72. The highest BCUT2D eigenvalue weighted by atomic mass is 35.5. The summed E-state index contributed by atoms with van der Waals surface area (Å²) >= 11 is 6.14. The van der Waals surface area contributed by atoms with Crippen LogP contribution >= 0.6 is 11.6 Å². The molecule has 3 saturated heterocycles. The number of piperidine rings is 2. The van der Waals surface area contributed by atoms with E-state index >= 15 is 8.78 Å². The van der Waals surface area contributed by atoms with Gasteiger partial charge in [0.15, 0.2) is 0 Å².